The summed E-state index contributed by atoms with van der Waals surface area (Å²) in [6.07, 6.45) is -0.0821. The Labute approximate surface area is 153 Å². The number of aryl methyl sites for hydroxylation is 1. The fourth-order valence-corrected chi connectivity index (χ4v) is 2.59. The number of hydrogen-bond donors (Lipinski definition) is 1. The van der Waals surface area contributed by atoms with Gasteiger partial charge in [-0.2, -0.15) is 0 Å². The normalized spacial score (nSPS) is 12.9. The van der Waals surface area contributed by atoms with Crippen LogP contribution in [0, 0.1) is 12.7 Å². The number of hydrogen-bond acceptors (Lipinski definition) is 3. The van der Waals surface area contributed by atoms with Gasteiger partial charge in [-0.05, 0) is 43.5 Å². The average Bonchev–Trinajstić information content (AvgIpc) is 2.65. The first-order valence-electron chi connectivity index (χ1n) is 8.72. The van der Waals surface area contributed by atoms with Gasteiger partial charge in [-0.25, -0.2) is 9.18 Å². The average molecular weight is 357 g/mol. The van der Waals surface area contributed by atoms with Crippen molar-refractivity contribution in [1.29, 1.82) is 0 Å². The van der Waals surface area contributed by atoms with Crippen LogP contribution >= 0.6 is 0 Å². The van der Waals surface area contributed by atoms with Gasteiger partial charge in [0.05, 0.1) is 5.56 Å². The topological polar surface area (TPSA) is 55.4 Å². The molecule has 26 heavy (non-hydrogen) atoms. The number of halogens is 1. The van der Waals surface area contributed by atoms with Gasteiger partial charge in [-0.1, -0.05) is 43.3 Å². The number of carbonyl (C=O) groups excluding carboxylic acids is 2. The summed E-state index contributed by atoms with van der Waals surface area (Å²) in [5.74, 6) is -1.39. The second-order valence-electron chi connectivity index (χ2n) is 6.27. The van der Waals surface area contributed by atoms with Gasteiger partial charge in [0.15, 0.2) is 6.10 Å². The molecule has 1 N–H and O–H groups in total. The van der Waals surface area contributed by atoms with Crippen LogP contribution in [0.5, 0.6) is 0 Å². The molecule has 0 saturated heterocycles. The van der Waals surface area contributed by atoms with Gasteiger partial charge in [0.1, 0.15) is 5.82 Å². The van der Waals surface area contributed by atoms with Gasteiger partial charge in [-0.15, -0.1) is 0 Å². The van der Waals surface area contributed by atoms with Crippen molar-refractivity contribution < 1.29 is 18.7 Å². The summed E-state index contributed by atoms with van der Waals surface area (Å²) in [4.78, 5) is 24.3. The van der Waals surface area contributed by atoms with E-state index in [1.165, 1.54) is 19.1 Å². The summed E-state index contributed by atoms with van der Waals surface area (Å²) in [5, 5.41) is 2.82. The molecule has 0 unspecified atom stereocenters. The molecule has 0 bridgehead atoms. The molecule has 0 heterocycles. The molecule has 2 rings (SSSR count). The molecule has 0 radical (unpaired) electrons. The first-order valence-corrected chi connectivity index (χ1v) is 8.72. The highest BCUT2D eigenvalue weighted by atomic mass is 19.1. The minimum absolute atomic E-state index is 0.0865. The Morgan fingerprint density at radius 1 is 1.15 bits per heavy atom. The Morgan fingerprint density at radius 3 is 2.46 bits per heavy atom. The fourth-order valence-electron chi connectivity index (χ4n) is 2.59. The van der Waals surface area contributed by atoms with Crippen molar-refractivity contribution in [2.75, 3.05) is 6.54 Å². The molecule has 0 aliphatic carbocycles. The maximum Gasteiger partial charge on any atom is 0.339 e. The van der Waals surface area contributed by atoms with E-state index < -0.39 is 17.9 Å². The third-order valence-electron chi connectivity index (χ3n) is 4.35. The summed E-state index contributed by atoms with van der Waals surface area (Å²) >= 11 is 0. The van der Waals surface area contributed by atoms with Gasteiger partial charge >= 0.3 is 5.97 Å². The molecule has 0 saturated carbocycles. The highest BCUT2D eigenvalue weighted by Gasteiger charge is 2.20. The van der Waals surface area contributed by atoms with Crippen molar-refractivity contribution in [3.8, 4) is 0 Å². The maximum absolute atomic E-state index is 13.6. The Bertz CT molecular complexity index is 761. The SMILES string of the molecule is CC[C@H](CNC(=O)[C@H](C)OC(=O)c1ccc(C)c(F)c1)c1ccccc1. The molecule has 138 valence electrons. The Hall–Kier alpha value is -2.69. The van der Waals surface area contributed by atoms with Gasteiger partial charge in [0.2, 0.25) is 0 Å². The van der Waals surface area contributed by atoms with Crippen LogP contribution in [0.1, 0.15) is 47.7 Å². The predicted octanol–water partition coefficient (Wildman–Crippen LogP) is 3.99. The van der Waals surface area contributed by atoms with E-state index in [4.69, 9.17) is 4.74 Å². The van der Waals surface area contributed by atoms with Gasteiger partial charge in [-0.3, -0.25) is 4.79 Å². The van der Waals surface area contributed by atoms with E-state index in [0.717, 1.165) is 18.1 Å². The number of rotatable bonds is 7. The van der Waals surface area contributed by atoms with E-state index in [1.807, 2.05) is 30.3 Å². The molecule has 0 aliphatic rings. The van der Waals surface area contributed by atoms with E-state index in [2.05, 4.69) is 12.2 Å². The lowest BCUT2D eigenvalue weighted by atomic mass is 9.96. The third-order valence-corrected chi connectivity index (χ3v) is 4.35. The third kappa shape index (κ3) is 5.15. The highest BCUT2D eigenvalue weighted by molar-refractivity contribution is 5.92. The Balaban J connectivity index is 1.90. The monoisotopic (exact) mass is 357 g/mol. The van der Waals surface area contributed by atoms with Crippen LogP contribution in [0.4, 0.5) is 4.39 Å². The van der Waals surface area contributed by atoms with E-state index in [1.54, 1.807) is 6.92 Å². The molecule has 4 nitrogen and oxygen atoms in total. The van der Waals surface area contributed by atoms with Crippen molar-refractivity contribution in [2.45, 2.75) is 39.2 Å². The number of amides is 1. The van der Waals surface area contributed by atoms with Crippen LogP contribution in [0.2, 0.25) is 0 Å². The molecule has 0 aliphatic heterocycles. The quantitative estimate of drug-likeness (QED) is 0.763. The van der Waals surface area contributed by atoms with Crippen LogP contribution in [0.3, 0.4) is 0 Å². The van der Waals surface area contributed by atoms with E-state index in [9.17, 15) is 14.0 Å². The molecular weight excluding hydrogens is 333 g/mol. The van der Waals surface area contributed by atoms with E-state index >= 15 is 0 Å². The first-order chi connectivity index (χ1) is 12.4. The van der Waals surface area contributed by atoms with Crippen molar-refractivity contribution in [3.05, 3.63) is 71.0 Å². The van der Waals surface area contributed by atoms with Gasteiger partial charge in [0.25, 0.3) is 5.91 Å². The molecule has 2 atom stereocenters. The molecule has 0 fully saturated rings. The largest absolute Gasteiger partial charge is 0.449 e. The van der Waals surface area contributed by atoms with Crippen LogP contribution in [0.25, 0.3) is 0 Å². The zero-order valence-electron chi connectivity index (χ0n) is 15.3. The molecule has 2 aromatic carbocycles. The molecule has 0 aromatic heterocycles. The maximum atomic E-state index is 13.6. The number of benzene rings is 2. The minimum atomic E-state index is -0.958. The molecule has 5 heteroatoms. The van der Waals surface area contributed by atoms with Gasteiger partial charge in [0, 0.05) is 12.5 Å². The standard InChI is InChI=1S/C21H24FNO3/c1-4-16(17-8-6-5-7-9-17)13-23-20(24)15(3)26-21(25)18-11-10-14(2)19(22)12-18/h5-12,15-16H,4,13H2,1-3H3,(H,23,24)/t15-,16+/m0/s1. The van der Waals surface area contributed by atoms with Crippen LogP contribution in [-0.2, 0) is 9.53 Å². The predicted molar refractivity (Wildman–Crippen MR) is 98.5 cm³/mol. The van der Waals surface area contributed by atoms with Crippen LogP contribution < -0.4 is 5.32 Å². The van der Waals surface area contributed by atoms with Crippen LogP contribution in [0.15, 0.2) is 48.5 Å². The zero-order valence-corrected chi connectivity index (χ0v) is 15.3. The summed E-state index contributed by atoms with van der Waals surface area (Å²) in [7, 11) is 0. The fraction of sp³-hybridized carbons (Fsp3) is 0.333. The van der Waals surface area contributed by atoms with Crippen molar-refractivity contribution >= 4 is 11.9 Å². The Morgan fingerprint density at radius 2 is 1.85 bits per heavy atom. The van der Waals surface area contributed by atoms with Crippen molar-refractivity contribution in [2.24, 2.45) is 0 Å². The van der Waals surface area contributed by atoms with Gasteiger partial charge < -0.3 is 10.1 Å². The molecule has 2 aromatic rings. The summed E-state index contributed by atoms with van der Waals surface area (Å²) < 4.78 is 18.7. The number of nitrogens with one attached hydrogen (secondary N) is 1. The summed E-state index contributed by atoms with van der Waals surface area (Å²) in [5.41, 5.74) is 1.68. The lowest BCUT2D eigenvalue weighted by Gasteiger charge is -2.18. The van der Waals surface area contributed by atoms with E-state index in [-0.39, 0.29) is 17.4 Å². The Kier molecular flexibility index (Phi) is 6.89. The lowest BCUT2D eigenvalue weighted by molar-refractivity contribution is -0.129. The number of carbonyl (C=O) groups is 2. The smallest absolute Gasteiger partial charge is 0.339 e. The zero-order chi connectivity index (χ0) is 19.1. The lowest BCUT2D eigenvalue weighted by Crippen LogP contribution is -2.38. The number of ether oxygens (including phenoxy) is 1. The first kappa shape index (κ1) is 19.6. The van der Waals surface area contributed by atoms with E-state index in [0.29, 0.717) is 12.1 Å². The molecule has 0 spiro atoms. The summed E-state index contributed by atoms with van der Waals surface area (Å²) in [6.45, 7) is 5.62. The minimum Gasteiger partial charge on any atom is -0.449 e. The molecule has 1 amide bonds. The number of esters is 1. The molecular formula is C21H24FNO3. The second-order valence-corrected chi connectivity index (χ2v) is 6.27. The summed E-state index contributed by atoms with van der Waals surface area (Å²) in [6, 6.07) is 14.0. The highest BCUT2D eigenvalue weighted by Crippen LogP contribution is 2.18. The van der Waals surface area contributed by atoms with Crippen molar-refractivity contribution in [3.63, 3.8) is 0 Å². The second kappa shape index (κ2) is 9.13. The van der Waals surface area contributed by atoms with Crippen molar-refractivity contribution in [1.82, 2.24) is 5.32 Å². The van der Waals surface area contributed by atoms with Crippen LogP contribution in [-0.4, -0.2) is 24.5 Å².